The van der Waals surface area contributed by atoms with E-state index in [9.17, 15) is 4.79 Å². The van der Waals surface area contributed by atoms with Crippen LogP contribution in [0.3, 0.4) is 0 Å². The van der Waals surface area contributed by atoms with Crippen molar-refractivity contribution in [2.24, 2.45) is 0 Å². The second-order valence-corrected chi connectivity index (χ2v) is 8.45. The number of anilines is 1. The first-order chi connectivity index (χ1) is 15.2. The number of para-hydroxylation sites is 1. The largest absolute Gasteiger partial charge is 0.325 e. The molecule has 0 saturated heterocycles. The minimum absolute atomic E-state index is 0.0567. The van der Waals surface area contributed by atoms with Gasteiger partial charge in [-0.05, 0) is 58.9 Å². The summed E-state index contributed by atoms with van der Waals surface area (Å²) in [5.41, 5.74) is 8.23. The number of hydrogen-bond acceptors (Lipinski definition) is 4. The van der Waals surface area contributed by atoms with Gasteiger partial charge in [0.1, 0.15) is 6.33 Å². The van der Waals surface area contributed by atoms with Gasteiger partial charge in [-0.2, -0.15) is 0 Å². The normalized spacial score (nSPS) is 11.8. The highest BCUT2D eigenvalue weighted by molar-refractivity contribution is 7.99. The Morgan fingerprint density at radius 3 is 2.74 bits per heavy atom. The van der Waals surface area contributed by atoms with E-state index in [4.69, 9.17) is 0 Å². The summed E-state index contributed by atoms with van der Waals surface area (Å²) in [5.74, 6) is 0.211. The Labute approximate surface area is 185 Å². The van der Waals surface area contributed by atoms with Gasteiger partial charge in [0.05, 0.1) is 11.4 Å². The standard InChI is InChI=1S/C25H22N4OS/c1-2-17-7-4-6-10-23(17)29-16-26-28-25(29)31-15-24(30)27-20-11-12-22-19(14-20)13-18-8-3-5-9-21(18)22/h3-12,14,16H,2,13,15H2,1H3,(H,27,30). The second kappa shape index (κ2) is 8.40. The fraction of sp³-hybridized carbons (Fsp3) is 0.160. The molecule has 4 aromatic rings. The van der Waals surface area contributed by atoms with Crippen LogP contribution in [0, 0.1) is 0 Å². The van der Waals surface area contributed by atoms with Crippen LogP contribution in [0.4, 0.5) is 5.69 Å². The monoisotopic (exact) mass is 426 g/mol. The SMILES string of the molecule is CCc1ccccc1-n1cnnc1SCC(=O)Nc1ccc2c(c1)Cc1ccccc1-2. The number of aryl methyl sites for hydroxylation is 1. The average Bonchev–Trinajstić information content (AvgIpc) is 3.41. The summed E-state index contributed by atoms with van der Waals surface area (Å²) in [5, 5.41) is 12.0. The summed E-state index contributed by atoms with van der Waals surface area (Å²) in [6.45, 7) is 2.12. The van der Waals surface area contributed by atoms with E-state index in [1.165, 1.54) is 39.6 Å². The minimum atomic E-state index is -0.0567. The van der Waals surface area contributed by atoms with E-state index in [2.05, 4.69) is 71.0 Å². The van der Waals surface area contributed by atoms with Gasteiger partial charge in [-0.1, -0.05) is 67.2 Å². The Bertz CT molecular complexity index is 1260. The lowest BCUT2D eigenvalue weighted by atomic mass is 10.1. The highest BCUT2D eigenvalue weighted by Gasteiger charge is 2.18. The molecule has 0 spiro atoms. The second-order valence-electron chi connectivity index (χ2n) is 7.51. The number of nitrogens with one attached hydrogen (secondary N) is 1. The summed E-state index contributed by atoms with van der Waals surface area (Å²) < 4.78 is 1.95. The molecule has 5 rings (SSSR count). The van der Waals surface area contributed by atoms with Gasteiger partial charge in [-0.25, -0.2) is 0 Å². The predicted octanol–water partition coefficient (Wildman–Crippen LogP) is 5.13. The number of rotatable bonds is 6. The van der Waals surface area contributed by atoms with E-state index in [0.717, 1.165) is 24.2 Å². The maximum Gasteiger partial charge on any atom is 0.234 e. The first-order valence-corrected chi connectivity index (χ1v) is 11.3. The zero-order chi connectivity index (χ0) is 21.2. The van der Waals surface area contributed by atoms with E-state index < -0.39 is 0 Å². The molecule has 0 unspecified atom stereocenters. The number of aromatic nitrogens is 3. The van der Waals surface area contributed by atoms with Crippen molar-refractivity contribution in [2.45, 2.75) is 24.9 Å². The highest BCUT2D eigenvalue weighted by Crippen LogP contribution is 2.37. The molecular weight excluding hydrogens is 404 g/mol. The van der Waals surface area contributed by atoms with E-state index in [-0.39, 0.29) is 11.7 Å². The van der Waals surface area contributed by atoms with E-state index in [1.54, 1.807) is 6.33 Å². The summed E-state index contributed by atoms with van der Waals surface area (Å²) in [6, 6.07) is 22.8. The summed E-state index contributed by atoms with van der Waals surface area (Å²) in [4.78, 5) is 12.6. The molecule has 1 N–H and O–H groups in total. The van der Waals surface area contributed by atoms with E-state index in [1.807, 2.05) is 22.8 Å². The molecule has 0 aliphatic heterocycles. The molecule has 0 atom stereocenters. The molecule has 1 aliphatic carbocycles. The van der Waals surface area contributed by atoms with Crippen LogP contribution >= 0.6 is 11.8 Å². The van der Waals surface area contributed by atoms with Crippen molar-refractivity contribution in [2.75, 3.05) is 11.1 Å². The molecule has 31 heavy (non-hydrogen) atoms. The molecular formula is C25H22N4OS. The van der Waals surface area contributed by atoms with Crippen LogP contribution in [0.15, 0.2) is 78.2 Å². The predicted molar refractivity (Wildman–Crippen MR) is 125 cm³/mol. The van der Waals surface area contributed by atoms with Crippen LogP contribution in [0.5, 0.6) is 0 Å². The Hall–Kier alpha value is -3.38. The number of benzene rings is 3. The molecule has 5 nitrogen and oxygen atoms in total. The third kappa shape index (κ3) is 3.86. The van der Waals surface area contributed by atoms with Gasteiger partial charge in [-0.3, -0.25) is 9.36 Å². The number of carbonyl (C=O) groups excluding carboxylic acids is 1. The summed E-state index contributed by atoms with van der Waals surface area (Å²) >= 11 is 1.39. The van der Waals surface area contributed by atoms with Gasteiger partial charge >= 0.3 is 0 Å². The Morgan fingerprint density at radius 1 is 1.03 bits per heavy atom. The smallest absolute Gasteiger partial charge is 0.234 e. The number of fused-ring (bicyclic) bond motifs is 3. The quantitative estimate of drug-likeness (QED) is 0.382. The minimum Gasteiger partial charge on any atom is -0.325 e. The van der Waals surface area contributed by atoms with Gasteiger partial charge in [0, 0.05) is 5.69 Å². The third-order valence-electron chi connectivity index (χ3n) is 5.56. The highest BCUT2D eigenvalue weighted by atomic mass is 32.2. The van der Waals surface area contributed by atoms with Crippen molar-refractivity contribution in [1.29, 1.82) is 0 Å². The molecule has 1 amide bonds. The molecule has 3 aromatic carbocycles. The summed E-state index contributed by atoms with van der Waals surface area (Å²) in [7, 11) is 0. The zero-order valence-corrected chi connectivity index (χ0v) is 18.0. The van der Waals surface area contributed by atoms with Gasteiger partial charge in [-0.15, -0.1) is 10.2 Å². The van der Waals surface area contributed by atoms with E-state index in [0.29, 0.717) is 5.16 Å². The van der Waals surface area contributed by atoms with Crippen LogP contribution in [0.1, 0.15) is 23.6 Å². The molecule has 1 aliphatic rings. The fourth-order valence-corrected chi connectivity index (χ4v) is 4.80. The van der Waals surface area contributed by atoms with Crippen molar-refractivity contribution in [3.8, 4) is 16.8 Å². The van der Waals surface area contributed by atoms with E-state index >= 15 is 0 Å². The first kappa shape index (κ1) is 19.6. The molecule has 6 heteroatoms. The maximum atomic E-state index is 12.6. The number of hydrogen-bond donors (Lipinski definition) is 1. The molecule has 0 saturated carbocycles. The molecule has 0 radical (unpaired) electrons. The van der Waals surface area contributed by atoms with Crippen molar-refractivity contribution >= 4 is 23.4 Å². The number of amides is 1. The third-order valence-corrected chi connectivity index (χ3v) is 6.50. The van der Waals surface area contributed by atoms with Crippen molar-refractivity contribution in [3.63, 3.8) is 0 Å². The van der Waals surface area contributed by atoms with Gasteiger partial charge in [0.15, 0.2) is 5.16 Å². The molecule has 1 aromatic heterocycles. The molecule has 0 bridgehead atoms. The first-order valence-electron chi connectivity index (χ1n) is 10.3. The Balaban J connectivity index is 1.26. The van der Waals surface area contributed by atoms with Crippen LogP contribution < -0.4 is 5.32 Å². The summed E-state index contributed by atoms with van der Waals surface area (Å²) in [6.07, 6.45) is 3.53. The maximum absolute atomic E-state index is 12.6. The molecule has 154 valence electrons. The fourth-order valence-electron chi connectivity index (χ4n) is 4.08. The number of nitrogens with zero attached hydrogens (tertiary/aromatic N) is 3. The van der Waals surface area contributed by atoms with Crippen LogP contribution in [-0.2, 0) is 17.6 Å². The van der Waals surface area contributed by atoms with Crippen LogP contribution in [-0.4, -0.2) is 26.4 Å². The lowest BCUT2D eigenvalue weighted by Gasteiger charge is -2.11. The number of thioether (sulfide) groups is 1. The van der Waals surface area contributed by atoms with Gasteiger partial charge < -0.3 is 5.32 Å². The van der Waals surface area contributed by atoms with Crippen LogP contribution in [0.25, 0.3) is 16.8 Å². The lowest BCUT2D eigenvalue weighted by molar-refractivity contribution is -0.113. The van der Waals surface area contributed by atoms with Crippen LogP contribution in [0.2, 0.25) is 0 Å². The lowest BCUT2D eigenvalue weighted by Crippen LogP contribution is -2.14. The van der Waals surface area contributed by atoms with Crippen molar-refractivity contribution < 1.29 is 4.79 Å². The van der Waals surface area contributed by atoms with Crippen molar-refractivity contribution in [1.82, 2.24) is 14.8 Å². The zero-order valence-electron chi connectivity index (χ0n) is 17.2. The van der Waals surface area contributed by atoms with Crippen molar-refractivity contribution in [3.05, 3.63) is 89.7 Å². The Morgan fingerprint density at radius 2 is 1.84 bits per heavy atom. The topological polar surface area (TPSA) is 59.8 Å². The van der Waals surface area contributed by atoms with Gasteiger partial charge in [0.2, 0.25) is 5.91 Å². The molecule has 0 fully saturated rings. The average molecular weight is 427 g/mol. The molecule has 1 heterocycles. The Kier molecular flexibility index (Phi) is 5.30. The number of carbonyl (C=O) groups is 1. The van der Waals surface area contributed by atoms with Gasteiger partial charge in [0.25, 0.3) is 0 Å².